The Kier molecular flexibility index (Phi) is 7.29. The molecule has 0 aliphatic carbocycles. The predicted molar refractivity (Wildman–Crippen MR) is 160 cm³/mol. The van der Waals surface area contributed by atoms with Crippen LogP contribution in [0.15, 0.2) is 47.5 Å². The highest BCUT2D eigenvalue weighted by Gasteiger charge is 2.39. The molecule has 214 valence electrons. The quantitative estimate of drug-likeness (QED) is 0.318. The number of barbiturate groups is 2. The number of imide groups is 4. The van der Waals surface area contributed by atoms with E-state index in [2.05, 4.69) is 0 Å². The molecule has 5 rings (SSSR count). The molecule has 0 atom stereocenters. The van der Waals surface area contributed by atoms with Gasteiger partial charge in [0.05, 0.1) is 0 Å². The van der Waals surface area contributed by atoms with Crippen LogP contribution in [0.1, 0.15) is 21.6 Å². The largest absolute Gasteiger partial charge is 0.333 e. The van der Waals surface area contributed by atoms with Gasteiger partial charge in [0.15, 0.2) is 0 Å². The maximum absolute atomic E-state index is 12.6. The standard InChI is InChI=1S/C30H26N4O6S2/c1-15-11-17(13-20-25(35)31(3)29(39)32(4)26(20)36)7-8-19(15)22-9-10-23(42-22)24-16(2)12-18(41-24)14-21-27(37)33(5)30(40)34(6)28(21)38/h7-14H,1-6H3. The molecular weight excluding hydrogens is 576 g/mol. The van der Waals surface area contributed by atoms with Crippen molar-refractivity contribution in [3.05, 3.63) is 69.1 Å². The van der Waals surface area contributed by atoms with Crippen LogP contribution in [-0.2, 0) is 19.2 Å². The van der Waals surface area contributed by atoms with Crippen LogP contribution >= 0.6 is 22.7 Å². The normalized spacial score (nSPS) is 16.3. The fraction of sp³-hybridized carbons (Fsp3) is 0.200. The molecule has 0 radical (unpaired) electrons. The van der Waals surface area contributed by atoms with Gasteiger partial charge in [-0.2, -0.15) is 0 Å². The number of carbonyl (C=O) groups excluding carboxylic acids is 6. The van der Waals surface area contributed by atoms with E-state index < -0.39 is 35.7 Å². The van der Waals surface area contributed by atoms with Crippen molar-refractivity contribution in [1.29, 1.82) is 0 Å². The van der Waals surface area contributed by atoms with Crippen LogP contribution in [0.25, 0.3) is 32.3 Å². The van der Waals surface area contributed by atoms with Gasteiger partial charge in [0.1, 0.15) is 11.1 Å². The Hall–Kier alpha value is -4.68. The summed E-state index contributed by atoms with van der Waals surface area (Å²) in [4.78, 5) is 81.8. The van der Waals surface area contributed by atoms with Crippen molar-refractivity contribution in [2.75, 3.05) is 28.2 Å². The van der Waals surface area contributed by atoms with Crippen molar-refractivity contribution in [1.82, 2.24) is 19.6 Å². The summed E-state index contributed by atoms with van der Waals surface area (Å²) in [5.74, 6) is -2.54. The highest BCUT2D eigenvalue weighted by Crippen LogP contribution is 2.41. The summed E-state index contributed by atoms with van der Waals surface area (Å²) in [6.45, 7) is 3.91. The minimum Gasteiger partial charge on any atom is -0.268 e. The Morgan fingerprint density at radius 2 is 1.07 bits per heavy atom. The van der Waals surface area contributed by atoms with Crippen LogP contribution in [0.4, 0.5) is 9.59 Å². The third-order valence-electron chi connectivity index (χ3n) is 7.17. The summed E-state index contributed by atoms with van der Waals surface area (Å²) >= 11 is 3.05. The molecule has 2 aliphatic rings. The molecule has 42 heavy (non-hydrogen) atoms. The molecule has 2 fully saturated rings. The molecule has 1 aromatic carbocycles. The third-order valence-corrected chi connectivity index (χ3v) is 9.65. The molecule has 0 unspecified atom stereocenters. The van der Waals surface area contributed by atoms with Gasteiger partial charge in [-0.05, 0) is 66.5 Å². The van der Waals surface area contributed by atoms with Gasteiger partial charge in [-0.15, -0.1) is 22.7 Å². The summed E-state index contributed by atoms with van der Waals surface area (Å²) in [5.41, 5.74) is 3.44. The molecule has 8 amide bonds. The molecule has 4 heterocycles. The zero-order chi connectivity index (χ0) is 30.6. The molecule has 0 N–H and O–H groups in total. The van der Waals surface area contributed by atoms with E-state index in [-0.39, 0.29) is 11.1 Å². The Bertz CT molecular complexity index is 1740. The summed E-state index contributed by atoms with van der Waals surface area (Å²) in [7, 11) is 5.38. The molecule has 2 aromatic heterocycles. The van der Waals surface area contributed by atoms with Crippen molar-refractivity contribution in [2.45, 2.75) is 13.8 Å². The van der Waals surface area contributed by atoms with Crippen LogP contribution in [-0.4, -0.2) is 83.5 Å². The van der Waals surface area contributed by atoms with E-state index in [0.29, 0.717) is 5.56 Å². The van der Waals surface area contributed by atoms with Gasteiger partial charge in [0.2, 0.25) is 0 Å². The van der Waals surface area contributed by atoms with E-state index in [9.17, 15) is 28.8 Å². The van der Waals surface area contributed by atoms with Gasteiger partial charge in [-0.3, -0.25) is 38.8 Å². The van der Waals surface area contributed by atoms with Gasteiger partial charge in [-0.25, -0.2) is 9.59 Å². The SMILES string of the molecule is Cc1cc(C=C2C(=O)N(C)C(=O)N(C)C2=O)ccc1-c1ccc(-c2sc(C=C3C(=O)N(C)C(=O)N(C)C3=O)cc2C)s1. The third kappa shape index (κ3) is 4.78. The average Bonchev–Trinajstić information content (AvgIpc) is 3.59. The molecular formula is C30H26N4O6S2. The molecule has 0 bridgehead atoms. The van der Waals surface area contributed by atoms with Gasteiger partial charge >= 0.3 is 12.1 Å². The fourth-order valence-electron chi connectivity index (χ4n) is 4.74. The first kappa shape index (κ1) is 28.8. The van der Waals surface area contributed by atoms with Crippen LogP contribution in [0.3, 0.4) is 0 Å². The van der Waals surface area contributed by atoms with Crippen LogP contribution in [0.2, 0.25) is 0 Å². The second-order valence-electron chi connectivity index (χ2n) is 10.0. The van der Waals surface area contributed by atoms with Crippen molar-refractivity contribution in [3.63, 3.8) is 0 Å². The number of rotatable bonds is 4. The van der Waals surface area contributed by atoms with Gasteiger partial charge < -0.3 is 0 Å². The first-order valence-electron chi connectivity index (χ1n) is 12.7. The van der Waals surface area contributed by atoms with E-state index in [1.807, 2.05) is 50.2 Å². The molecule has 2 aliphatic heterocycles. The molecule has 2 saturated heterocycles. The summed E-state index contributed by atoms with van der Waals surface area (Å²) in [6, 6.07) is 10.3. The summed E-state index contributed by atoms with van der Waals surface area (Å²) in [6.07, 6.45) is 3.03. The van der Waals surface area contributed by atoms with Crippen molar-refractivity contribution < 1.29 is 28.8 Å². The lowest BCUT2D eigenvalue weighted by molar-refractivity contribution is -0.135. The number of hydrogen-bond acceptors (Lipinski definition) is 8. The highest BCUT2D eigenvalue weighted by molar-refractivity contribution is 7.24. The molecule has 12 heteroatoms. The maximum Gasteiger partial charge on any atom is 0.333 e. The number of thiophene rings is 2. The van der Waals surface area contributed by atoms with Crippen molar-refractivity contribution >= 4 is 70.5 Å². The fourth-order valence-corrected chi connectivity index (χ4v) is 7.13. The monoisotopic (exact) mass is 602 g/mol. The number of amides is 8. The lowest BCUT2D eigenvalue weighted by atomic mass is 10.0. The van der Waals surface area contributed by atoms with Gasteiger partial charge in [0.25, 0.3) is 23.6 Å². The lowest BCUT2D eigenvalue weighted by Gasteiger charge is -2.28. The van der Waals surface area contributed by atoms with E-state index in [0.717, 1.165) is 55.8 Å². The molecule has 3 aromatic rings. The lowest BCUT2D eigenvalue weighted by Crippen LogP contribution is -2.52. The summed E-state index contributed by atoms with van der Waals surface area (Å²) < 4.78 is 0. The van der Waals surface area contributed by atoms with Crippen LogP contribution < -0.4 is 0 Å². The topological polar surface area (TPSA) is 115 Å². The highest BCUT2D eigenvalue weighted by atomic mass is 32.1. The van der Waals surface area contributed by atoms with E-state index in [1.54, 1.807) is 11.3 Å². The first-order chi connectivity index (χ1) is 19.8. The minimum atomic E-state index is -0.667. The smallest absolute Gasteiger partial charge is 0.268 e. The zero-order valence-corrected chi connectivity index (χ0v) is 25.3. The zero-order valence-electron chi connectivity index (χ0n) is 23.7. The van der Waals surface area contributed by atoms with Gasteiger partial charge in [-0.1, -0.05) is 18.2 Å². The second-order valence-corrected chi connectivity index (χ2v) is 12.2. The predicted octanol–water partition coefficient (Wildman–Crippen LogP) is 4.63. The number of nitrogens with zero attached hydrogens (tertiary/aromatic N) is 4. The molecule has 0 spiro atoms. The second kappa shape index (κ2) is 10.6. The van der Waals surface area contributed by atoms with Crippen LogP contribution in [0, 0.1) is 13.8 Å². The Morgan fingerprint density at radius 1 is 0.571 bits per heavy atom. The van der Waals surface area contributed by atoms with Crippen molar-refractivity contribution in [2.24, 2.45) is 0 Å². The van der Waals surface area contributed by atoms with Gasteiger partial charge in [0, 0.05) is 47.7 Å². The van der Waals surface area contributed by atoms with Crippen LogP contribution in [0.5, 0.6) is 0 Å². The average molecular weight is 603 g/mol. The summed E-state index contributed by atoms with van der Waals surface area (Å²) in [5, 5.41) is 0. The first-order valence-corrected chi connectivity index (χ1v) is 14.4. The number of benzene rings is 1. The molecule has 10 nitrogen and oxygen atoms in total. The van der Waals surface area contributed by atoms with E-state index in [4.69, 9.17) is 0 Å². The number of urea groups is 2. The molecule has 0 saturated carbocycles. The Balaban J connectivity index is 1.41. The number of likely N-dealkylation sites (N-methyl/N-ethyl adjacent to an activating group) is 4. The number of aryl methyl sites for hydroxylation is 2. The number of hydrogen-bond donors (Lipinski definition) is 0. The van der Waals surface area contributed by atoms with E-state index >= 15 is 0 Å². The maximum atomic E-state index is 12.6. The minimum absolute atomic E-state index is 0.0635. The van der Waals surface area contributed by atoms with Crippen molar-refractivity contribution in [3.8, 4) is 20.2 Å². The number of carbonyl (C=O) groups is 6. The Labute approximate surface area is 249 Å². The van der Waals surface area contributed by atoms with E-state index in [1.165, 1.54) is 51.7 Å². The Morgan fingerprint density at radius 3 is 1.60 bits per heavy atom.